The molecular weight excluding hydrogens is 192 g/mol. The highest BCUT2D eigenvalue weighted by molar-refractivity contribution is 5.93. The Morgan fingerprint density at radius 1 is 1.64 bits per heavy atom. The summed E-state index contributed by atoms with van der Waals surface area (Å²) in [5.41, 5.74) is 3.44. The van der Waals surface area contributed by atoms with E-state index < -0.39 is 29.2 Å². The molecule has 0 saturated carbocycles. The van der Waals surface area contributed by atoms with Gasteiger partial charge in [0.25, 0.3) is 12.3 Å². The third-order valence-corrected chi connectivity index (χ3v) is 1.56. The van der Waals surface area contributed by atoms with Crippen molar-refractivity contribution >= 4 is 5.91 Å². The molecule has 1 amide bonds. The quantitative estimate of drug-likeness (QED) is 0.767. The van der Waals surface area contributed by atoms with Crippen molar-refractivity contribution in [1.29, 1.82) is 5.26 Å². The highest BCUT2D eigenvalue weighted by Crippen LogP contribution is 2.23. The number of nitrogens with two attached hydrogens (primary N) is 1. The third kappa shape index (κ3) is 1.66. The van der Waals surface area contributed by atoms with Crippen LogP contribution in [0.4, 0.5) is 8.78 Å². The Labute approximate surface area is 78.0 Å². The summed E-state index contributed by atoms with van der Waals surface area (Å²) in [6.45, 7) is 0. The second-order valence-corrected chi connectivity index (χ2v) is 2.40. The Bertz CT molecular complexity index is 412. The number of halogens is 2. The summed E-state index contributed by atoms with van der Waals surface area (Å²) in [6, 6.07) is 2.47. The maximum atomic E-state index is 12.3. The van der Waals surface area contributed by atoms with Crippen LogP contribution in [0.15, 0.2) is 12.3 Å². The minimum atomic E-state index is -2.83. The average molecular weight is 197 g/mol. The van der Waals surface area contributed by atoms with E-state index in [4.69, 9.17) is 11.0 Å². The van der Waals surface area contributed by atoms with Crippen molar-refractivity contribution in [2.24, 2.45) is 5.73 Å². The first kappa shape index (κ1) is 10.1. The van der Waals surface area contributed by atoms with Crippen LogP contribution in [-0.2, 0) is 0 Å². The lowest BCUT2D eigenvalue weighted by molar-refractivity contribution is 0.0994. The van der Waals surface area contributed by atoms with Crippen molar-refractivity contribution in [1.82, 2.24) is 4.98 Å². The van der Waals surface area contributed by atoms with Gasteiger partial charge in [-0.05, 0) is 6.07 Å². The Morgan fingerprint density at radius 3 is 2.71 bits per heavy atom. The molecule has 0 saturated heterocycles. The summed E-state index contributed by atoms with van der Waals surface area (Å²) < 4.78 is 24.7. The van der Waals surface area contributed by atoms with Gasteiger partial charge in [0.2, 0.25) is 0 Å². The molecule has 0 unspecified atom stereocenters. The molecule has 0 aliphatic rings. The normalized spacial score (nSPS) is 9.86. The molecule has 4 nitrogen and oxygen atoms in total. The van der Waals surface area contributed by atoms with Gasteiger partial charge in [-0.2, -0.15) is 5.26 Å². The van der Waals surface area contributed by atoms with Crippen molar-refractivity contribution in [3.8, 4) is 6.07 Å². The first-order chi connectivity index (χ1) is 6.57. The van der Waals surface area contributed by atoms with E-state index in [-0.39, 0.29) is 0 Å². The van der Waals surface area contributed by atoms with Gasteiger partial charge in [0.1, 0.15) is 11.8 Å². The number of carbonyl (C=O) groups is 1. The van der Waals surface area contributed by atoms with E-state index in [1.807, 2.05) is 0 Å². The molecule has 0 aliphatic heterocycles. The first-order valence-corrected chi connectivity index (χ1v) is 3.55. The molecule has 0 fully saturated rings. The number of aromatic nitrogens is 1. The number of primary amides is 1. The Kier molecular flexibility index (Phi) is 2.72. The Balaban J connectivity index is 3.42. The number of nitrogens with zero attached hydrogens (tertiary/aromatic N) is 2. The van der Waals surface area contributed by atoms with E-state index in [0.29, 0.717) is 0 Å². The number of hydrogen-bond acceptors (Lipinski definition) is 3. The fourth-order valence-electron chi connectivity index (χ4n) is 0.963. The first-order valence-electron chi connectivity index (χ1n) is 3.55. The molecule has 0 aliphatic carbocycles. The number of pyridine rings is 1. The number of hydrogen-bond donors (Lipinski definition) is 1. The second-order valence-electron chi connectivity index (χ2n) is 2.40. The molecule has 1 aromatic rings. The third-order valence-electron chi connectivity index (χ3n) is 1.56. The monoisotopic (exact) mass is 197 g/mol. The van der Waals surface area contributed by atoms with Gasteiger partial charge in [-0.25, -0.2) is 13.8 Å². The summed E-state index contributed by atoms with van der Waals surface area (Å²) in [5, 5.41) is 8.57. The average Bonchev–Trinajstić information content (AvgIpc) is 2.16. The maximum Gasteiger partial charge on any atom is 0.268 e. The summed E-state index contributed by atoms with van der Waals surface area (Å²) in [7, 11) is 0. The number of amides is 1. The van der Waals surface area contributed by atoms with E-state index in [9.17, 15) is 13.6 Å². The van der Waals surface area contributed by atoms with Crippen LogP contribution in [0.5, 0.6) is 0 Å². The molecule has 0 aromatic carbocycles. The largest absolute Gasteiger partial charge is 0.364 e. The zero-order valence-electron chi connectivity index (χ0n) is 6.87. The summed E-state index contributed by atoms with van der Waals surface area (Å²) >= 11 is 0. The number of rotatable bonds is 2. The van der Waals surface area contributed by atoms with E-state index in [2.05, 4.69) is 4.98 Å². The van der Waals surface area contributed by atoms with Gasteiger partial charge in [-0.3, -0.25) is 4.79 Å². The van der Waals surface area contributed by atoms with E-state index in [0.717, 1.165) is 12.3 Å². The Hall–Kier alpha value is -2.03. The topological polar surface area (TPSA) is 79.8 Å². The fraction of sp³-hybridized carbons (Fsp3) is 0.125. The zero-order chi connectivity index (χ0) is 10.7. The molecule has 1 rings (SSSR count). The minimum absolute atomic E-state index is 0.426. The van der Waals surface area contributed by atoms with Crippen molar-refractivity contribution in [2.75, 3.05) is 0 Å². The molecular formula is C8H5F2N3O. The summed E-state index contributed by atoms with van der Waals surface area (Å²) in [4.78, 5) is 14.2. The smallest absolute Gasteiger partial charge is 0.268 e. The molecule has 0 atom stereocenters. The fourth-order valence-corrected chi connectivity index (χ4v) is 0.963. The predicted molar refractivity (Wildman–Crippen MR) is 42.4 cm³/mol. The molecule has 72 valence electrons. The lowest BCUT2D eigenvalue weighted by Crippen LogP contribution is -2.16. The highest BCUT2D eigenvalue weighted by atomic mass is 19.3. The van der Waals surface area contributed by atoms with Crippen LogP contribution in [0.2, 0.25) is 0 Å². The van der Waals surface area contributed by atoms with Crippen LogP contribution in [0.1, 0.15) is 28.0 Å². The Morgan fingerprint density at radius 2 is 2.29 bits per heavy atom. The maximum absolute atomic E-state index is 12.3. The van der Waals surface area contributed by atoms with Gasteiger partial charge in [-0.1, -0.05) is 0 Å². The predicted octanol–water partition coefficient (Wildman–Crippen LogP) is 0.990. The van der Waals surface area contributed by atoms with Crippen LogP contribution in [-0.4, -0.2) is 10.9 Å². The molecule has 2 N–H and O–H groups in total. The standard InChI is InChI=1S/C8H5F2N3O/c9-7(10)4-1-2-13-6(8(12)14)5(4)3-11/h1-2,7H,(H2,12,14). The zero-order valence-corrected chi connectivity index (χ0v) is 6.87. The van der Waals surface area contributed by atoms with Crippen LogP contribution >= 0.6 is 0 Å². The molecule has 0 bridgehead atoms. The summed E-state index contributed by atoms with van der Waals surface area (Å²) in [6.07, 6.45) is -1.81. The number of carbonyl (C=O) groups excluding carboxylic acids is 1. The van der Waals surface area contributed by atoms with Crippen molar-refractivity contribution in [2.45, 2.75) is 6.43 Å². The number of alkyl halides is 2. The highest BCUT2D eigenvalue weighted by Gasteiger charge is 2.19. The van der Waals surface area contributed by atoms with Crippen LogP contribution in [0.25, 0.3) is 0 Å². The number of nitriles is 1. The lowest BCUT2D eigenvalue weighted by atomic mass is 10.1. The van der Waals surface area contributed by atoms with Gasteiger partial charge in [0.05, 0.1) is 5.56 Å². The van der Waals surface area contributed by atoms with Gasteiger partial charge in [0.15, 0.2) is 0 Å². The van der Waals surface area contributed by atoms with E-state index in [1.54, 1.807) is 0 Å². The van der Waals surface area contributed by atoms with Gasteiger partial charge in [-0.15, -0.1) is 0 Å². The van der Waals surface area contributed by atoms with E-state index in [1.165, 1.54) is 6.07 Å². The van der Waals surface area contributed by atoms with Crippen molar-refractivity contribution in [3.63, 3.8) is 0 Å². The van der Waals surface area contributed by atoms with Crippen molar-refractivity contribution in [3.05, 3.63) is 29.1 Å². The van der Waals surface area contributed by atoms with Crippen LogP contribution < -0.4 is 5.73 Å². The SMILES string of the molecule is N#Cc1c(C(F)F)ccnc1C(N)=O. The van der Waals surface area contributed by atoms with Crippen LogP contribution in [0.3, 0.4) is 0 Å². The summed E-state index contributed by atoms with van der Waals surface area (Å²) in [5.74, 6) is -0.996. The minimum Gasteiger partial charge on any atom is -0.364 e. The molecule has 1 heterocycles. The van der Waals surface area contributed by atoms with Gasteiger partial charge in [0, 0.05) is 11.8 Å². The lowest BCUT2D eigenvalue weighted by Gasteiger charge is -2.04. The molecule has 1 aromatic heterocycles. The van der Waals surface area contributed by atoms with Gasteiger partial charge < -0.3 is 5.73 Å². The molecule has 6 heteroatoms. The molecule has 0 radical (unpaired) electrons. The second kappa shape index (κ2) is 3.79. The van der Waals surface area contributed by atoms with Crippen molar-refractivity contribution < 1.29 is 13.6 Å². The van der Waals surface area contributed by atoms with Gasteiger partial charge >= 0.3 is 0 Å². The molecule has 0 spiro atoms. The van der Waals surface area contributed by atoms with E-state index >= 15 is 0 Å². The molecule has 14 heavy (non-hydrogen) atoms. The van der Waals surface area contributed by atoms with Crippen LogP contribution in [0, 0.1) is 11.3 Å².